The van der Waals surface area contributed by atoms with Crippen LogP contribution in [0.15, 0.2) is 24.4 Å². The number of carbonyl (C=O) groups is 1. The van der Waals surface area contributed by atoms with Gasteiger partial charge in [-0.3, -0.25) is 4.79 Å². The topological polar surface area (TPSA) is 78.6 Å². The highest BCUT2D eigenvalue weighted by atomic mass is 19.1. The summed E-state index contributed by atoms with van der Waals surface area (Å²) in [6.07, 6.45) is 1.31. The molecule has 0 saturated carbocycles. The monoisotopic (exact) mass is 307 g/mol. The van der Waals surface area contributed by atoms with E-state index in [0.717, 1.165) is 0 Å². The van der Waals surface area contributed by atoms with E-state index < -0.39 is 5.91 Å². The van der Waals surface area contributed by atoms with Crippen molar-refractivity contribution in [3.63, 3.8) is 0 Å². The van der Waals surface area contributed by atoms with Gasteiger partial charge in [-0.15, -0.1) is 0 Å². The maximum Gasteiger partial charge on any atom is 0.278 e. The van der Waals surface area contributed by atoms with Crippen molar-refractivity contribution < 1.29 is 19.4 Å². The number of nitrogens with zero attached hydrogens (tertiary/aromatic N) is 3. The Morgan fingerprint density at radius 2 is 2.18 bits per heavy atom. The number of aryl methyl sites for hydroxylation is 1. The van der Waals surface area contributed by atoms with Gasteiger partial charge in [-0.2, -0.15) is 5.10 Å². The van der Waals surface area contributed by atoms with Crippen molar-refractivity contribution in [1.82, 2.24) is 14.7 Å². The third-order valence-electron chi connectivity index (χ3n) is 3.34. The summed E-state index contributed by atoms with van der Waals surface area (Å²) in [4.78, 5) is 13.7. The largest absolute Gasteiger partial charge is 0.504 e. The molecule has 7 heteroatoms. The van der Waals surface area contributed by atoms with E-state index in [9.17, 15) is 14.3 Å². The average Bonchev–Trinajstić information content (AvgIpc) is 2.85. The second-order valence-electron chi connectivity index (χ2n) is 4.85. The number of rotatable bonds is 5. The smallest absolute Gasteiger partial charge is 0.278 e. The number of amides is 1. The van der Waals surface area contributed by atoms with Gasteiger partial charge in [0.25, 0.3) is 5.91 Å². The Morgan fingerprint density at radius 1 is 1.45 bits per heavy atom. The fraction of sp³-hybridized carbons (Fsp3) is 0.333. The third-order valence-corrected chi connectivity index (χ3v) is 3.34. The highest BCUT2D eigenvalue weighted by Gasteiger charge is 2.22. The van der Waals surface area contributed by atoms with Crippen molar-refractivity contribution >= 4 is 5.91 Å². The molecule has 0 atom stereocenters. The van der Waals surface area contributed by atoms with E-state index in [1.807, 2.05) is 0 Å². The van der Waals surface area contributed by atoms with Gasteiger partial charge in [0.2, 0.25) is 0 Å². The number of carbonyl (C=O) groups excluding carboxylic acids is 1. The van der Waals surface area contributed by atoms with E-state index in [4.69, 9.17) is 5.11 Å². The van der Waals surface area contributed by atoms with E-state index >= 15 is 0 Å². The lowest BCUT2D eigenvalue weighted by Crippen LogP contribution is -2.33. The van der Waals surface area contributed by atoms with Gasteiger partial charge in [0.1, 0.15) is 5.82 Å². The molecule has 0 bridgehead atoms. The molecule has 0 aliphatic carbocycles. The normalized spacial score (nSPS) is 10.7. The second kappa shape index (κ2) is 6.57. The Bertz CT molecular complexity index is 685. The highest BCUT2D eigenvalue weighted by Crippen LogP contribution is 2.22. The summed E-state index contributed by atoms with van der Waals surface area (Å²) in [7, 11) is 0. The maximum atomic E-state index is 13.1. The fourth-order valence-corrected chi connectivity index (χ4v) is 2.19. The van der Waals surface area contributed by atoms with E-state index in [2.05, 4.69) is 5.10 Å². The van der Waals surface area contributed by atoms with Gasteiger partial charge in [0.15, 0.2) is 11.4 Å². The van der Waals surface area contributed by atoms with Crippen LogP contribution in [0.4, 0.5) is 4.39 Å². The average molecular weight is 307 g/mol. The van der Waals surface area contributed by atoms with Gasteiger partial charge in [0, 0.05) is 13.1 Å². The molecule has 2 rings (SSSR count). The molecule has 1 amide bonds. The lowest BCUT2D eigenvalue weighted by molar-refractivity contribution is 0.0722. The molecule has 0 fully saturated rings. The summed E-state index contributed by atoms with van der Waals surface area (Å²) in [5.41, 5.74) is 1.10. The molecule has 0 radical (unpaired) electrons. The van der Waals surface area contributed by atoms with E-state index in [1.165, 1.54) is 34.0 Å². The molecule has 0 aliphatic rings. The molecule has 0 spiro atoms. The van der Waals surface area contributed by atoms with Crippen molar-refractivity contribution in [2.24, 2.45) is 0 Å². The molecule has 1 heterocycles. The van der Waals surface area contributed by atoms with E-state index in [0.29, 0.717) is 17.8 Å². The number of benzene rings is 1. The number of aliphatic hydroxyl groups excluding tert-OH is 1. The van der Waals surface area contributed by atoms with Crippen molar-refractivity contribution in [2.75, 3.05) is 19.7 Å². The molecule has 1 aromatic carbocycles. The number of aromatic nitrogens is 2. The Hall–Kier alpha value is -2.41. The third kappa shape index (κ3) is 3.09. The lowest BCUT2D eigenvalue weighted by atomic mass is 10.2. The van der Waals surface area contributed by atoms with Crippen LogP contribution < -0.4 is 0 Å². The van der Waals surface area contributed by atoms with Gasteiger partial charge >= 0.3 is 0 Å². The van der Waals surface area contributed by atoms with Crippen LogP contribution in [0.3, 0.4) is 0 Å². The Labute approximate surface area is 127 Å². The first kappa shape index (κ1) is 16.0. The molecule has 118 valence electrons. The molecule has 0 saturated heterocycles. The first-order valence-electron chi connectivity index (χ1n) is 6.93. The Kier molecular flexibility index (Phi) is 4.77. The van der Waals surface area contributed by atoms with Crippen LogP contribution in [0.5, 0.6) is 5.75 Å². The minimum absolute atomic E-state index is 0.0981. The number of halogens is 1. The quantitative estimate of drug-likeness (QED) is 0.877. The van der Waals surface area contributed by atoms with Gasteiger partial charge in [-0.25, -0.2) is 9.07 Å². The number of likely N-dealkylation sites (N-methyl/N-ethyl adjacent to an activating group) is 1. The zero-order valence-electron chi connectivity index (χ0n) is 12.5. The summed E-state index contributed by atoms with van der Waals surface area (Å²) in [5, 5.41) is 23.0. The molecule has 0 unspecified atom stereocenters. The van der Waals surface area contributed by atoms with Crippen LogP contribution in [0.25, 0.3) is 5.69 Å². The minimum atomic E-state index is -0.465. The van der Waals surface area contributed by atoms with E-state index in [-0.39, 0.29) is 30.4 Å². The molecule has 22 heavy (non-hydrogen) atoms. The van der Waals surface area contributed by atoms with Crippen molar-refractivity contribution in [2.45, 2.75) is 13.8 Å². The number of aliphatic hydroxyl groups is 1. The van der Waals surface area contributed by atoms with Crippen LogP contribution in [-0.2, 0) is 0 Å². The molecule has 6 nitrogen and oxygen atoms in total. The highest BCUT2D eigenvalue weighted by molar-refractivity contribution is 5.94. The van der Waals surface area contributed by atoms with Gasteiger partial charge < -0.3 is 15.1 Å². The minimum Gasteiger partial charge on any atom is -0.504 e. The SMILES string of the molecule is CCN(CCO)C(=O)c1nn(-c2ccc(F)cc2C)cc1O. The van der Waals surface area contributed by atoms with Crippen LogP contribution in [0, 0.1) is 12.7 Å². The van der Waals surface area contributed by atoms with Crippen LogP contribution in [-0.4, -0.2) is 50.5 Å². The van der Waals surface area contributed by atoms with Gasteiger partial charge in [-0.1, -0.05) is 0 Å². The predicted octanol–water partition coefficient (Wildman–Crippen LogP) is 1.48. The Balaban J connectivity index is 2.37. The zero-order chi connectivity index (χ0) is 16.3. The molecular weight excluding hydrogens is 289 g/mol. The first-order chi connectivity index (χ1) is 10.5. The van der Waals surface area contributed by atoms with Crippen molar-refractivity contribution in [1.29, 1.82) is 0 Å². The number of hydrogen-bond acceptors (Lipinski definition) is 4. The molecule has 0 aliphatic heterocycles. The summed E-state index contributed by atoms with van der Waals surface area (Å²) in [6.45, 7) is 3.87. The molecule has 2 aromatic rings. The first-order valence-corrected chi connectivity index (χ1v) is 6.93. The number of hydrogen-bond donors (Lipinski definition) is 2. The van der Waals surface area contributed by atoms with Crippen LogP contribution in [0.1, 0.15) is 23.0 Å². The lowest BCUT2D eigenvalue weighted by Gasteiger charge is -2.18. The summed E-state index contributed by atoms with van der Waals surface area (Å²) >= 11 is 0. The maximum absolute atomic E-state index is 13.1. The summed E-state index contributed by atoms with van der Waals surface area (Å²) in [5.74, 6) is -1.09. The van der Waals surface area contributed by atoms with Crippen molar-refractivity contribution in [3.05, 3.63) is 41.5 Å². The summed E-state index contributed by atoms with van der Waals surface area (Å²) in [6, 6.07) is 4.16. The standard InChI is InChI=1S/C15H18FN3O3/c1-3-18(6-7-20)15(22)14-13(21)9-19(17-14)12-5-4-11(16)8-10(12)2/h4-5,8-9,20-21H,3,6-7H2,1-2H3. The van der Waals surface area contributed by atoms with Gasteiger partial charge in [-0.05, 0) is 37.6 Å². The van der Waals surface area contributed by atoms with Crippen molar-refractivity contribution in [3.8, 4) is 11.4 Å². The van der Waals surface area contributed by atoms with Gasteiger partial charge in [0.05, 0.1) is 18.5 Å². The fourth-order valence-electron chi connectivity index (χ4n) is 2.19. The predicted molar refractivity (Wildman–Crippen MR) is 78.6 cm³/mol. The number of aromatic hydroxyl groups is 1. The second-order valence-corrected chi connectivity index (χ2v) is 4.85. The zero-order valence-corrected chi connectivity index (χ0v) is 12.5. The van der Waals surface area contributed by atoms with Crippen LogP contribution >= 0.6 is 0 Å². The summed E-state index contributed by atoms with van der Waals surface area (Å²) < 4.78 is 14.5. The molecule has 2 N–H and O–H groups in total. The van der Waals surface area contributed by atoms with Crippen LogP contribution in [0.2, 0.25) is 0 Å². The molecule has 1 aromatic heterocycles. The molecular formula is C15H18FN3O3. The Morgan fingerprint density at radius 3 is 2.77 bits per heavy atom. The van der Waals surface area contributed by atoms with E-state index in [1.54, 1.807) is 13.8 Å².